The van der Waals surface area contributed by atoms with E-state index in [1.54, 1.807) is 0 Å². The maximum absolute atomic E-state index is 12.3. The number of carbonyl (C=O) groups excluding carboxylic acids is 1. The molecule has 0 aromatic rings. The maximum Gasteiger partial charge on any atom is 0.410 e. The number of piperidine rings is 1. The number of rotatable bonds is 5. The van der Waals surface area contributed by atoms with Gasteiger partial charge >= 0.3 is 6.09 Å². The molecule has 1 amide bonds. The third kappa shape index (κ3) is 7.18. The second-order valence-electron chi connectivity index (χ2n) is 6.86. The Kier molecular flexibility index (Phi) is 7.01. The Bertz CT molecular complexity index is 366. The monoisotopic (exact) mass is 316 g/mol. The summed E-state index contributed by atoms with van der Waals surface area (Å²) in [4.78, 5) is 14.2. The van der Waals surface area contributed by atoms with E-state index in [2.05, 4.69) is 18.8 Å². The lowest BCUT2D eigenvalue weighted by molar-refractivity contribution is 0.00795. The van der Waals surface area contributed by atoms with Crippen LogP contribution in [0.5, 0.6) is 0 Å². The van der Waals surface area contributed by atoms with E-state index < -0.39 is 5.60 Å². The molecule has 0 aromatic carbocycles. The van der Waals surface area contributed by atoms with Crippen LogP contribution in [0.15, 0.2) is 11.6 Å². The number of amides is 1. The Balaban J connectivity index is 2.56. The molecule has 1 fully saturated rings. The lowest BCUT2D eigenvalue weighted by Gasteiger charge is -2.38. The van der Waals surface area contributed by atoms with E-state index in [9.17, 15) is 4.79 Å². The van der Waals surface area contributed by atoms with E-state index in [1.165, 1.54) is 6.42 Å². The van der Waals surface area contributed by atoms with Crippen molar-refractivity contribution in [3.05, 3.63) is 11.6 Å². The highest BCUT2D eigenvalue weighted by molar-refractivity contribution is 6.29. The Morgan fingerprint density at radius 1 is 1.48 bits per heavy atom. The summed E-state index contributed by atoms with van der Waals surface area (Å²) < 4.78 is 5.52. The lowest BCUT2D eigenvalue weighted by Crippen LogP contribution is -2.48. The molecule has 0 aromatic heterocycles. The van der Waals surface area contributed by atoms with Crippen LogP contribution < -0.4 is 5.32 Å². The molecule has 1 heterocycles. The van der Waals surface area contributed by atoms with Gasteiger partial charge in [0, 0.05) is 30.2 Å². The van der Waals surface area contributed by atoms with E-state index in [1.807, 2.05) is 25.7 Å². The van der Waals surface area contributed by atoms with E-state index in [0.29, 0.717) is 11.6 Å². The smallest absolute Gasteiger partial charge is 0.410 e. The number of carbonyl (C=O) groups is 1. The zero-order valence-corrected chi connectivity index (χ0v) is 14.5. The topological polar surface area (TPSA) is 41.6 Å². The van der Waals surface area contributed by atoms with Crippen LogP contribution >= 0.6 is 11.6 Å². The van der Waals surface area contributed by atoms with Gasteiger partial charge < -0.3 is 15.0 Å². The second-order valence-corrected chi connectivity index (χ2v) is 7.39. The van der Waals surface area contributed by atoms with Crippen molar-refractivity contribution < 1.29 is 9.53 Å². The summed E-state index contributed by atoms with van der Waals surface area (Å²) >= 11 is 5.77. The predicted octanol–water partition coefficient (Wildman–Crippen LogP) is 3.90. The minimum atomic E-state index is -0.445. The Labute approximate surface area is 133 Å². The highest BCUT2D eigenvalue weighted by atomic mass is 35.5. The van der Waals surface area contributed by atoms with Gasteiger partial charge in [0.25, 0.3) is 0 Å². The fourth-order valence-corrected chi connectivity index (χ4v) is 2.66. The predicted molar refractivity (Wildman–Crippen MR) is 87.7 cm³/mol. The van der Waals surface area contributed by atoms with Crippen molar-refractivity contribution in [2.75, 3.05) is 13.1 Å². The average molecular weight is 317 g/mol. The van der Waals surface area contributed by atoms with Crippen LogP contribution in [0.3, 0.4) is 0 Å². The van der Waals surface area contributed by atoms with Crippen LogP contribution in [0.4, 0.5) is 4.79 Å². The number of hydrogen-bond donors (Lipinski definition) is 1. The molecule has 0 bridgehead atoms. The number of halogens is 1. The van der Waals surface area contributed by atoms with Crippen LogP contribution in [0.1, 0.15) is 53.4 Å². The molecule has 122 valence electrons. The number of nitrogens with one attached hydrogen (secondary N) is 1. The summed E-state index contributed by atoms with van der Waals surface area (Å²) in [5.41, 5.74) is -0.445. The summed E-state index contributed by atoms with van der Waals surface area (Å²) in [6.07, 6.45) is 3.96. The van der Waals surface area contributed by atoms with Gasteiger partial charge in [-0.1, -0.05) is 18.2 Å². The van der Waals surface area contributed by atoms with Crippen molar-refractivity contribution >= 4 is 17.7 Å². The van der Waals surface area contributed by atoms with Crippen LogP contribution in [-0.2, 0) is 4.74 Å². The zero-order valence-electron chi connectivity index (χ0n) is 13.7. The molecule has 4 nitrogen and oxygen atoms in total. The quantitative estimate of drug-likeness (QED) is 0.836. The number of hydrogen-bond acceptors (Lipinski definition) is 3. The first-order valence-corrected chi connectivity index (χ1v) is 8.13. The van der Waals surface area contributed by atoms with Gasteiger partial charge in [-0.25, -0.2) is 4.79 Å². The Morgan fingerprint density at radius 3 is 2.71 bits per heavy atom. The molecule has 1 N–H and O–H groups in total. The molecule has 0 saturated carbocycles. The third-order valence-electron chi connectivity index (χ3n) is 3.52. The first-order chi connectivity index (χ1) is 9.69. The van der Waals surface area contributed by atoms with E-state index >= 15 is 0 Å². The molecule has 21 heavy (non-hydrogen) atoms. The molecule has 1 saturated heterocycles. The molecule has 1 aliphatic rings. The number of likely N-dealkylation sites (tertiary alicyclic amines) is 1. The molecule has 1 rings (SSSR count). The molecular weight excluding hydrogens is 288 g/mol. The van der Waals surface area contributed by atoms with E-state index in [0.717, 1.165) is 25.8 Å². The Morgan fingerprint density at radius 2 is 2.14 bits per heavy atom. The molecule has 5 heteroatoms. The molecule has 0 aliphatic carbocycles. The van der Waals surface area contributed by atoms with Gasteiger partial charge in [-0.2, -0.15) is 0 Å². The van der Waals surface area contributed by atoms with Crippen molar-refractivity contribution in [1.29, 1.82) is 0 Å². The van der Waals surface area contributed by atoms with Gasteiger partial charge in [0.1, 0.15) is 5.60 Å². The minimum Gasteiger partial charge on any atom is -0.444 e. The van der Waals surface area contributed by atoms with Crippen LogP contribution in [0.2, 0.25) is 0 Å². The SMILES string of the molecule is C=C(Cl)CNC(C)CC1CCCCN1C(=O)OC(C)(C)C. The minimum absolute atomic E-state index is 0.193. The summed E-state index contributed by atoms with van der Waals surface area (Å²) in [6, 6.07) is 0.522. The number of nitrogens with zero attached hydrogens (tertiary/aromatic N) is 1. The third-order valence-corrected chi connectivity index (χ3v) is 3.66. The van der Waals surface area contributed by atoms with Gasteiger partial charge in [-0.3, -0.25) is 0 Å². The molecule has 1 aliphatic heterocycles. The number of ether oxygens (including phenoxy) is 1. The molecule has 2 unspecified atom stereocenters. The fraction of sp³-hybridized carbons (Fsp3) is 0.812. The van der Waals surface area contributed by atoms with Crippen LogP contribution in [-0.4, -0.2) is 41.8 Å². The van der Waals surface area contributed by atoms with E-state index in [4.69, 9.17) is 16.3 Å². The van der Waals surface area contributed by atoms with Crippen LogP contribution in [0, 0.1) is 0 Å². The van der Waals surface area contributed by atoms with Crippen molar-refractivity contribution in [3.8, 4) is 0 Å². The van der Waals surface area contributed by atoms with Crippen molar-refractivity contribution in [3.63, 3.8) is 0 Å². The molecule has 0 radical (unpaired) electrons. The summed E-state index contributed by atoms with van der Waals surface area (Å²) in [6.45, 7) is 12.9. The lowest BCUT2D eigenvalue weighted by atomic mass is 9.97. The second kappa shape index (κ2) is 8.04. The van der Waals surface area contributed by atoms with Crippen molar-refractivity contribution in [1.82, 2.24) is 10.2 Å². The molecule has 0 spiro atoms. The summed E-state index contributed by atoms with van der Waals surface area (Å²) in [7, 11) is 0. The average Bonchev–Trinajstić information content (AvgIpc) is 2.35. The highest BCUT2D eigenvalue weighted by Crippen LogP contribution is 2.23. The highest BCUT2D eigenvalue weighted by Gasteiger charge is 2.31. The largest absolute Gasteiger partial charge is 0.444 e. The van der Waals surface area contributed by atoms with Gasteiger partial charge in [-0.05, 0) is 53.4 Å². The zero-order chi connectivity index (χ0) is 16.0. The van der Waals surface area contributed by atoms with Gasteiger partial charge in [0.15, 0.2) is 0 Å². The summed E-state index contributed by atoms with van der Waals surface area (Å²) in [5, 5.41) is 3.93. The van der Waals surface area contributed by atoms with E-state index in [-0.39, 0.29) is 18.2 Å². The van der Waals surface area contributed by atoms with Crippen molar-refractivity contribution in [2.24, 2.45) is 0 Å². The van der Waals surface area contributed by atoms with Gasteiger partial charge in [-0.15, -0.1) is 0 Å². The fourth-order valence-electron chi connectivity index (χ4n) is 2.58. The Hall–Kier alpha value is -0.740. The molecular formula is C16H29ClN2O2. The normalized spacial score (nSPS) is 21.0. The maximum atomic E-state index is 12.3. The van der Waals surface area contributed by atoms with Crippen molar-refractivity contribution in [2.45, 2.75) is 71.1 Å². The first-order valence-electron chi connectivity index (χ1n) is 7.75. The summed E-state index contributed by atoms with van der Waals surface area (Å²) in [5.74, 6) is 0. The molecule has 2 atom stereocenters. The van der Waals surface area contributed by atoms with Gasteiger partial charge in [0.2, 0.25) is 0 Å². The first kappa shape index (κ1) is 18.3. The van der Waals surface area contributed by atoms with Gasteiger partial charge in [0.05, 0.1) is 0 Å². The van der Waals surface area contributed by atoms with Crippen LogP contribution in [0.25, 0.3) is 0 Å². The standard InChI is InChI=1S/C16H29ClN2O2/c1-12(17)11-18-13(2)10-14-8-6-7-9-19(14)15(20)21-16(3,4)5/h13-14,18H,1,6-11H2,2-5H3.